The van der Waals surface area contributed by atoms with Gasteiger partial charge in [-0.05, 0) is 38.5 Å². The second kappa shape index (κ2) is 49.3. The second-order valence-electron chi connectivity index (χ2n) is 25.0. The molecule has 3 aliphatic heterocycles. The predicted octanol–water partition coefficient (Wildman–Crippen LogP) is 8.50. The van der Waals surface area contributed by atoms with E-state index in [1.54, 1.807) is 0 Å². The summed E-state index contributed by atoms with van der Waals surface area (Å²) in [6.45, 7) is 1.81. The van der Waals surface area contributed by atoms with E-state index >= 15 is 0 Å². The van der Waals surface area contributed by atoms with Crippen molar-refractivity contribution in [2.45, 2.75) is 375 Å². The number of nitrogens with one attached hydrogen (secondary N) is 1. The van der Waals surface area contributed by atoms with Crippen molar-refractivity contribution in [1.29, 1.82) is 0 Å². The second-order valence-corrected chi connectivity index (χ2v) is 25.0. The molecule has 0 saturated carbocycles. The van der Waals surface area contributed by atoms with Crippen LogP contribution in [0.4, 0.5) is 0 Å². The molecule has 19 nitrogen and oxygen atoms in total. The monoisotopic (exact) mass is 1220 g/mol. The summed E-state index contributed by atoms with van der Waals surface area (Å²) in [6.07, 6.45) is 25.9. The van der Waals surface area contributed by atoms with Crippen molar-refractivity contribution >= 4 is 5.91 Å². The fourth-order valence-electron chi connectivity index (χ4n) is 12.0. The molecule has 502 valence electrons. The number of ether oxygens (including phenoxy) is 6. The van der Waals surface area contributed by atoms with E-state index in [0.717, 1.165) is 64.2 Å². The van der Waals surface area contributed by atoms with E-state index < -0.39 is 124 Å². The van der Waals surface area contributed by atoms with Crippen LogP contribution in [-0.2, 0) is 33.2 Å². The van der Waals surface area contributed by atoms with Gasteiger partial charge in [0, 0.05) is 6.42 Å². The Kier molecular flexibility index (Phi) is 45.1. The number of rotatable bonds is 53. The van der Waals surface area contributed by atoms with Gasteiger partial charge in [0.2, 0.25) is 5.91 Å². The molecule has 19 heteroatoms. The van der Waals surface area contributed by atoms with E-state index in [2.05, 4.69) is 31.3 Å². The fourth-order valence-corrected chi connectivity index (χ4v) is 12.0. The Morgan fingerprint density at radius 2 is 0.741 bits per heavy atom. The van der Waals surface area contributed by atoms with Crippen molar-refractivity contribution in [1.82, 2.24) is 5.32 Å². The predicted molar refractivity (Wildman–Crippen MR) is 328 cm³/mol. The Balaban J connectivity index is 1.41. The molecule has 0 radical (unpaired) electrons. The maximum Gasteiger partial charge on any atom is 0.220 e. The van der Waals surface area contributed by atoms with Crippen molar-refractivity contribution < 1.29 is 89.4 Å². The lowest BCUT2D eigenvalue weighted by Gasteiger charge is -2.48. The number of carbonyl (C=O) groups is 1. The third-order valence-corrected chi connectivity index (χ3v) is 17.6. The fraction of sp³-hybridized carbons (Fsp3) is 0.955. The summed E-state index contributed by atoms with van der Waals surface area (Å²) in [5, 5.41) is 121. The highest BCUT2D eigenvalue weighted by Crippen LogP contribution is 2.33. The third-order valence-electron chi connectivity index (χ3n) is 17.6. The SMILES string of the molecule is CCCCCCC/C=C\CCCCCCCC(=O)NC(COC1OC(CO)C(OC2OC(CO)C(OC3OC(CO)C(O)C(O)C3O)C(O)C2O)C(O)C1O)C(O)CCCCCCCCCCCCCCCCCCCCCCCCCCCC. The number of hydrogen-bond acceptors (Lipinski definition) is 18. The lowest BCUT2D eigenvalue weighted by atomic mass is 9.96. The first-order chi connectivity index (χ1) is 41.3. The summed E-state index contributed by atoms with van der Waals surface area (Å²) >= 11 is 0. The molecule has 0 spiro atoms. The van der Waals surface area contributed by atoms with E-state index in [0.29, 0.717) is 12.8 Å². The molecule has 1 amide bonds. The lowest BCUT2D eigenvalue weighted by molar-refractivity contribution is -0.379. The van der Waals surface area contributed by atoms with Gasteiger partial charge in [-0.15, -0.1) is 0 Å². The number of carbonyl (C=O) groups excluding carboxylic acids is 1. The highest BCUT2D eigenvalue weighted by Gasteiger charge is 2.53. The molecule has 0 aromatic heterocycles. The maximum absolute atomic E-state index is 13.4. The number of aliphatic hydroxyl groups excluding tert-OH is 11. The average molecular weight is 1220 g/mol. The summed E-state index contributed by atoms with van der Waals surface area (Å²) in [5.74, 6) is -0.248. The number of allylic oxidation sites excluding steroid dienone is 2. The van der Waals surface area contributed by atoms with Crippen LogP contribution in [0.15, 0.2) is 12.2 Å². The molecular formula is C66H125NO18. The Hall–Kier alpha value is -1.47. The van der Waals surface area contributed by atoms with Gasteiger partial charge in [-0.25, -0.2) is 0 Å². The Morgan fingerprint density at radius 1 is 0.412 bits per heavy atom. The molecule has 3 saturated heterocycles. The van der Waals surface area contributed by atoms with Crippen LogP contribution < -0.4 is 5.32 Å². The summed E-state index contributed by atoms with van der Waals surface area (Å²) in [4.78, 5) is 13.4. The lowest BCUT2D eigenvalue weighted by Crippen LogP contribution is -2.66. The number of hydrogen-bond donors (Lipinski definition) is 12. The van der Waals surface area contributed by atoms with Crippen LogP contribution in [0.3, 0.4) is 0 Å². The Bertz CT molecular complexity index is 1600. The number of aliphatic hydroxyl groups is 11. The molecule has 3 heterocycles. The minimum absolute atomic E-state index is 0.248. The zero-order valence-corrected chi connectivity index (χ0v) is 52.9. The minimum atomic E-state index is -1.97. The van der Waals surface area contributed by atoms with Gasteiger partial charge in [-0.1, -0.05) is 238 Å². The topological polar surface area (TPSA) is 307 Å². The molecule has 3 fully saturated rings. The van der Waals surface area contributed by atoms with Crippen molar-refractivity contribution in [3.63, 3.8) is 0 Å². The van der Waals surface area contributed by atoms with Gasteiger partial charge in [0.15, 0.2) is 18.9 Å². The third kappa shape index (κ3) is 31.9. The molecule has 17 atom stereocenters. The summed E-state index contributed by atoms with van der Waals surface area (Å²) in [7, 11) is 0. The van der Waals surface area contributed by atoms with Crippen LogP contribution in [-0.4, -0.2) is 193 Å². The van der Waals surface area contributed by atoms with Crippen LogP contribution in [0.2, 0.25) is 0 Å². The van der Waals surface area contributed by atoms with Gasteiger partial charge in [-0.2, -0.15) is 0 Å². The van der Waals surface area contributed by atoms with E-state index in [1.807, 2.05) is 0 Å². The molecular weight excluding hydrogens is 1090 g/mol. The molecule has 12 N–H and O–H groups in total. The van der Waals surface area contributed by atoms with Crippen molar-refractivity contribution in [2.75, 3.05) is 26.4 Å². The molecule has 85 heavy (non-hydrogen) atoms. The highest BCUT2D eigenvalue weighted by molar-refractivity contribution is 5.76. The summed E-state index contributed by atoms with van der Waals surface area (Å²) in [5.41, 5.74) is 0. The number of amides is 1. The Morgan fingerprint density at radius 3 is 1.14 bits per heavy atom. The van der Waals surface area contributed by atoms with Gasteiger partial charge in [0.05, 0.1) is 38.6 Å². The summed E-state index contributed by atoms with van der Waals surface area (Å²) in [6, 6.07) is -0.888. The van der Waals surface area contributed by atoms with E-state index in [9.17, 15) is 61.0 Å². The highest BCUT2D eigenvalue weighted by atomic mass is 16.8. The van der Waals surface area contributed by atoms with Crippen molar-refractivity contribution in [3.8, 4) is 0 Å². The quantitative estimate of drug-likeness (QED) is 0.0201. The van der Waals surface area contributed by atoms with E-state index in [-0.39, 0.29) is 18.9 Å². The normalized spacial score (nSPS) is 29.0. The smallest absolute Gasteiger partial charge is 0.220 e. The first-order valence-electron chi connectivity index (χ1n) is 34.4. The van der Waals surface area contributed by atoms with Crippen LogP contribution in [0.1, 0.15) is 271 Å². The standard InChI is InChI=1S/C66H125NO18/c1-3-5-7-9-11-13-15-17-19-20-21-22-23-24-25-26-27-28-29-30-31-33-35-37-39-41-43-50(71)49(67-54(72)44-42-40-38-36-34-32-18-16-14-12-10-8-6-4-2)48-80-64-60(78)57(75)62(52(46-69)82-64)85-66-61(79)58(76)63(53(47-70)83-66)84-65-59(77)56(74)55(73)51(45-68)81-65/h16,18,49-53,55-66,68-71,73-79H,3-15,17,19-48H2,1-2H3,(H,67,72)/b18-16-. The molecule has 0 aromatic carbocycles. The largest absolute Gasteiger partial charge is 0.394 e. The molecule has 3 aliphatic rings. The molecule has 0 aliphatic carbocycles. The zero-order chi connectivity index (χ0) is 61.9. The van der Waals surface area contributed by atoms with Gasteiger partial charge >= 0.3 is 0 Å². The van der Waals surface area contributed by atoms with Crippen LogP contribution >= 0.6 is 0 Å². The van der Waals surface area contributed by atoms with Gasteiger partial charge in [0.25, 0.3) is 0 Å². The molecule has 17 unspecified atom stereocenters. The van der Waals surface area contributed by atoms with Gasteiger partial charge in [-0.3, -0.25) is 4.79 Å². The van der Waals surface area contributed by atoms with E-state index in [1.165, 1.54) is 173 Å². The minimum Gasteiger partial charge on any atom is -0.394 e. The maximum atomic E-state index is 13.4. The average Bonchev–Trinajstić information content (AvgIpc) is 3.58. The first kappa shape index (κ1) is 77.8. The van der Waals surface area contributed by atoms with Crippen LogP contribution in [0.25, 0.3) is 0 Å². The Labute approximate surface area is 512 Å². The van der Waals surface area contributed by atoms with Crippen molar-refractivity contribution in [2.24, 2.45) is 0 Å². The molecule has 0 bridgehead atoms. The van der Waals surface area contributed by atoms with Crippen molar-refractivity contribution in [3.05, 3.63) is 12.2 Å². The van der Waals surface area contributed by atoms with E-state index in [4.69, 9.17) is 28.4 Å². The first-order valence-corrected chi connectivity index (χ1v) is 34.4. The van der Waals surface area contributed by atoms with Gasteiger partial charge < -0.3 is 89.9 Å². The van der Waals surface area contributed by atoms with Gasteiger partial charge in [0.1, 0.15) is 73.2 Å². The summed E-state index contributed by atoms with van der Waals surface area (Å²) < 4.78 is 34.4. The molecule has 3 rings (SSSR count). The van der Waals surface area contributed by atoms with Crippen LogP contribution in [0.5, 0.6) is 0 Å². The number of unbranched alkanes of at least 4 members (excludes halogenated alkanes) is 35. The molecule has 0 aromatic rings. The zero-order valence-electron chi connectivity index (χ0n) is 52.9. The van der Waals surface area contributed by atoms with Crippen LogP contribution in [0, 0.1) is 0 Å².